The molecule has 2 unspecified atom stereocenters. The highest BCUT2D eigenvalue weighted by Crippen LogP contribution is 2.43. The van der Waals surface area contributed by atoms with Crippen molar-refractivity contribution in [3.05, 3.63) is 12.2 Å². The average molecular weight is 359 g/mol. The van der Waals surface area contributed by atoms with Crippen LogP contribution in [0, 0.1) is 41.4 Å². The molecule has 26 heavy (non-hydrogen) atoms. The zero-order valence-corrected chi connectivity index (χ0v) is 18.1. The summed E-state index contributed by atoms with van der Waals surface area (Å²) in [6, 6.07) is 0. The van der Waals surface area contributed by atoms with Gasteiger partial charge in [-0.25, -0.2) is 0 Å². The van der Waals surface area contributed by atoms with Gasteiger partial charge >= 0.3 is 0 Å². The summed E-state index contributed by atoms with van der Waals surface area (Å²) in [7, 11) is 0. The van der Waals surface area contributed by atoms with E-state index in [2.05, 4.69) is 32.9 Å². The van der Waals surface area contributed by atoms with Crippen molar-refractivity contribution in [3.63, 3.8) is 0 Å². The summed E-state index contributed by atoms with van der Waals surface area (Å²) in [6.07, 6.45) is 26.2. The molecule has 0 aromatic carbocycles. The van der Waals surface area contributed by atoms with Crippen LogP contribution in [-0.4, -0.2) is 0 Å². The average Bonchev–Trinajstić information content (AvgIpc) is 2.69. The molecule has 0 bridgehead atoms. The topological polar surface area (TPSA) is 0 Å². The molecular weight excluding hydrogens is 312 g/mol. The fraction of sp³-hybridized carbons (Fsp3) is 0.923. The first kappa shape index (κ1) is 20.5. The molecular formula is C26H46. The van der Waals surface area contributed by atoms with Gasteiger partial charge in [-0.05, 0) is 92.8 Å². The minimum absolute atomic E-state index is 0.884. The van der Waals surface area contributed by atoms with E-state index in [1.165, 1.54) is 51.4 Å². The molecule has 0 heteroatoms. The first-order chi connectivity index (χ1) is 12.7. The lowest BCUT2D eigenvalue weighted by Crippen LogP contribution is -2.25. The van der Waals surface area contributed by atoms with Gasteiger partial charge in [-0.15, -0.1) is 0 Å². The molecule has 2 atom stereocenters. The van der Waals surface area contributed by atoms with Crippen LogP contribution in [0.3, 0.4) is 0 Å². The van der Waals surface area contributed by atoms with Crippen LogP contribution in [-0.2, 0) is 0 Å². The molecule has 0 heterocycles. The first-order valence-corrected chi connectivity index (χ1v) is 12.4. The van der Waals surface area contributed by atoms with Crippen molar-refractivity contribution in [2.75, 3.05) is 0 Å². The molecule has 3 rings (SSSR count). The molecule has 0 spiro atoms. The van der Waals surface area contributed by atoms with Gasteiger partial charge in [0.1, 0.15) is 0 Å². The quantitative estimate of drug-likeness (QED) is 0.401. The molecule has 0 amide bonds. The Balaban J connectivity index is 1.34. The van der Waals surface area contributed by atoms with Gasteiger partial charge in [-0.3, -0.25) is 0 Å². The minimum Gasteiger partial charge on any atom is -0.0851 e. The van der Waals surface area contributed by atoms with Crippen molar-refractivity contribution in [2.24, 2.45) is 41.4 Å². The second-order valence-corrected chi connectivity index (χ2v) is 10.3. The maximum absolute atomic E-state index is 2.61. The van der Waals surface area contributed by atoms with Gasteiger partial charge in [-0.1, -0.05) is 71.4 Å². The Kier molecular flexibility index (Phi) is 8.13. The standard InChI is InChI=1S/C26H46/c1-4-23(5-2)24-16-10-21(11-17-24)8-9-22-12-18-26(19-13-22)25-14-6-20(3)7-15-25/h10,16,20-26H,4-9,11-15,17-19H2,1-3H3. The SMILES string of the molecule is CCC(CC)C1C=CC(CCC2CCC(C3CCC(C)CC3)CC2)CC1. The van der Waals surface area contributed by atoms with Gasteiger partial charge in [0.05, 0.1) is 0 Å². The Bertz CT molecular complexity index is 402. The van der Waals surface area contributed by atoms with Crippen molar-refractivity contribution >= 4 is 0 Å². The largest absolute Gasteiger partial charge is 0.0851 e. The summed E-state index contributed by atoms with van der Waals surface area (Å²) >= 11 is 0. The van der Waals surface area contributed by atoms with Crippen LogP contribution >= 0.6 is 0 Å². The van der Waals surface area contributed by atoms with Crippen LogP contribution in [0.15, 0.2) is 12.2 Å². The fourth-order valence-corrected chi connectivity index (χ4v) is 6.58. The Morgan fingerprint density at radius 2 is 1.31 bits per heavy atom. The molecule has 2 fully saturated rings. The lowest BCUT2D eigenvalue weighted by Gasteiger charge is -2.37. The van der Waals surface area contributed by atoms with E-state index in [0.717, 1.165) is 41.4 Å². The van der Waals surface area contributed by atoms with Crippen molar-refractivity contribution in [1.82, 2.24) is 0 Å². The molecule has 2 saturated carbocycles. The summed E-state index contributed by atoms with van der Waals surface area (Å²) < 4.78 is 0. The van der Waals surface area contributed by atoms with Gasteiger partial charge in [0.25, 0.3) is 0 Å². The Hall–Kier alpha value is -0.260. The Morgan fingerprint density at radius 1 is 0.692 bits per heavy atom. The Labute approximate surface area is 164 Å². The molecule has 150 valence electrons. The molecule has 0 aliphatic heterocycles. The van der Waals surface area contributed by atoms with E-state index in [-0.39, 0.29) is 0 Å². The molecule has 3 aliphatic carbocycles. The zero-order valence-electron chi connectivity index (χ0n) is 18.1. The van der Waals surface area contributed by atoms with Gasteiger partial charge in [0.15, 0.2) is 0 Å². The minimum atomic E-state index is 0.884. The van der Waals surface area contributed by atoms with E-state index in [1.807, 2.05) is 0 Å². The summed E-state index contributed by atoms with van der Waals surface area (Å²) in [4.78, 5) is 0. The lowest BCUT2D eigenvalue weighted by molar-refractivity contribution is 0.145. The molecule has 0 N–H and O–H groups in total. The van der Waals surface area contributed by atoms with E-state index in [1.54, 1.807) is 38.5 Å². The maximum Gasteiger partial charge on any atom is -0.0205 e. The van der Waals surface area contributed by atoms with Gasteiger partial charge < -0.3 is 0 Å². The lowest BCUT2D eigenvalue weighted by atomic mass is 9.68. The smallest absolute Gasteiger partial charge is 0.0205 e. The van der Waals surface area contributed by atoms with Crippen LogP contribution < -0.4 is 0 Å². The second-order valence-electron chi connectivity index (χ2n) is 10.3. The monoisotopic (exact) mass is 358 g/mol. The van der Waals surface area contributed by atoms with Gasteiger partial charge in [0, 0.05) is 0 Å². The highest BCUT2D eigenvalue weighted by atomic mass is 14.4. The van der Waals surface area contributed by atoms with Crippen LogP contribution in [0.5, 0.6) is 0 Å². The van der Waals surface area contributed by atoms with Crippen LogP contribution in [0.2, 0.25) is 0 Å². The van der Waals surface area contributed by atoms with E-state index in [4.69, 9.17) is 0 Å². The highest BCUT2D eigenvalue weighted by molar-refractivity contribution is 5.00. The number of hydrogen-bond donors (Lipinski definition) is 0. The third kappa shape index (κ3) is 5.62. The summed E-state index contributed by atoms with van der Waals surface area (Å²) in [5.41, 5.74) is 0. The van der Waals surface area contributed by atoms with Crippen molar-refractivity contribution < 1.29 is 0 Å². The van der Waals surface area contributed by atoms with E-state index >= 15 is 0 Å². The van der Waals surface area contributed by atoms with Crippen LogP contribution in [0.4, 0.5) is 0 Å². The molecule has 0 nitrogen and oxygen atoms in total. The summed E-state index contributed by atoms with van der Waals surface area (Å²) in [6.45, 7) is 7.20. The van der Waals surface area contributed by atoms with Gasteiger partial charge in [0.2, 0.25) is 0 Å². The molecule has 0 radical (unpaired) electrons. The summed E-state index contributed by atoms with van der Waals surface area (Å²) in [5.74, 6) is 6.97. The van der Waals surface area contributed by atoms with Crippen molar-refractivity contribution in [3.8, 4) is 0 Å². The van der Waals surface area contributed by atoms with Crippen LogP contribution in [0.1, 0.15) is 111 Å². The number of allylic oxidation sites excluding steroid dienone is 2. The van der Waals surface area contributed by atoms with Crippen molar-refractivity contribution in [1.29, 1.82) is 0 Å². The normalized spacial score (nSPS) is 38.6. The second kappa shape index (κ2) is 10.3. The zero-order chi connectivity index (χ0) is 18.4. The Morgan fingerprint density at radius 3 is 1.85 bits per heavy atom. The molecule has 0 aromatic rings. The first-order valence-electron chi connectivity index (χ1n) is 12.4. The molecule has 0 aromatic heterocycles. The fourth-order valence-electron chi connectivity index (χ4n) is 6.58. The molecule has 0 saturated heterocycles. The van der Waals surface area contributed by atoms with Crippen LogP contribution in [0.25, 0.3) is 0 Å². The van der Waals surface area contributed by atoms with E-state index < -0.39 is 0 Å². The van der Waals surface area contributed by atoms with Crippen molar-refractivity contribution in [2.45, 2.75) is 111 Å². The highest BCUT2D eigenvalue weighted by Gasteiger charge is 2.30. The van der Waals surface area contributed by atoms with E-state index in [9.17, 15) is 0 Å². The maximum atomic E-state index is 2.61. The van der Waals surface area contributed by atoms with E-state index in [0.29, 0.717) is 0 Å². The number of rotatable bonds is 7. The third-order valence-corrected chi connectivity index (χ3v) is 8.72. The summed E-state index contributed by atoms with van der Waals surface area (Å²) in [5, 5.41) is 0. The van der Waals surface area contributed by atoms with Gasteiger partial charge in [-0.2, -0.15) is 0 Å². The predicted octanol–water partition coefficient (Wildman–Crippen LogP) is 8.42. The third-order valence-electron chi connectivity index (χ3n) is 8.72. The number of hydrogen-bond acceptors (Lipinski definition) is 0. The predicted molar refractivity (Wildman–Crippen MR) is 115 cm³/mol. The molecule has 3 aliphatic rings.